The maximum atomic E-state index is 12.3. The molecule has 3 rings (SSSR count). The van der Waals surface area contributed by atoms with Crippen LogP contribution >= 0.6 is 0 Å². The van der Waals surface area contributed by atoms with E-state index in [1.165, 1.54) is 0 Å². The molecule has 0 atom stereocenters. The van der Waals surface area contributed by atoms with E-state index in [2.05, 4.69) is 24.6 Å². The van der Waals surface area contributed by atoms with Gasteiger partial charge in [0.15, 0.2) is 0 Å². The molecular formula is C16H25N7O. The molecule has 0 aliphatic carbocycles. The second kappa shape index (κ2) is 7.12. The molecule has 2 aromatic rings. The number of carbonyl (C=O) groups is 1. The van der Waals surface area contributed by atoms with Crippen molar-refractivity contribution < 1.29 is 4.79 Å². The van der Waals surface area contributed by atoms with Gasteiger partial charge in [0.2, 0.25) is 5.91 Å². The minimum atomic E-state index is 0.151. The fourth-order valence-corrected chi connectivity index (χ4v) is 3.17. The van der Waals surface area contributed by atoms with Gasteiger partial charge in [0, 0.05) is 38.4 Å². The Bertz CT molecular complexity index is 669. The van der Waals surface area contributed by atoms with Crippen LogP contribution in [-0.4, -0.2) is 67.2 Å². The Balaban J connectivity index is 1.57. The summed E-state index contributed by atoms with van der Waals surface area (Å²) in [6.45, 7) is 2.69. The molecule has 130 valence electrons. The highest BCUT2D eigenvalue weighted by molar-refractivity contribution is 5.76. The third-order valence-electron chi connectivity index (χ3n) is 4.55. The van der Waals surface area contributed by atoms with E-state index < -0.39 is 0 Å². The average Bonchev–Trinajstić information content (AvgIpc) is 3.18. The normalized spacial score (nSPS) is 16.1. The summed E-state index contributed by atoms with van der Waals surface area (Å²) in [5.41, 5.74) is 0. The van der Waals surface area contributed by atoms with Crippen molar-refractivity contribution in [1.29, 1.82) is 0 Å². The van der Waals surface area contributed by atoms with E-state index in [0.29, 0.717) is 12.5 Å². The molecule has 8 heteroatoms. The fourth-order valence-electron chi connectivity index (χ4n) is 3.17. The Morgan fingerprint density at radius 2 is 2.04 bits per heavy atom. The van der Waals surface area contributed by atoms with Crippen LogP contribution < -0.4 is 0 Å². The van der Waals surface area contributed by atoms with Crippen LogP contribution in [0.1, 0.15) is 30.4 Å². The van der Waals surface area contributed by atoms with Gasteiger partial charge in [-0.25, -0.2) is 4.98 Å². The number of amides is 1. The number of piperidine rings is 1. The van der Waals surface area contributed by atoms with Gasteiger partial charge in [0.05, 0.1) is 12.9 Å². The third-order valence-corrected chi connectivity index (χ3v) is 4.55. The maximum Gasteiger partial charge on any atom is 0.242 e. The molecular weight excluding hydrogens is 306 g/mol. The van der Waals surface area contributed by atoms with Crippen molar-refractivity contribution in [2.24, 2.45) is 7.05 Å². The number of imidazole rings is 1. The molecule has 24 heavy (non-hydrogen) atoms. The number of carbonyl (C=O) groups excluding carboxylic acids is 1. The molecule has 0 bridgehead atoms. The topological polar surface area (TPSA) is 72.1 Å². The summed E-state index contributed by atoms with van der Waals surface area (Å²) in [6, 6.07) is 0. The summed E-state index contributed by atoms with van der Waals surface area (Å²) < 4.78 is 3.91. The lowest BCUT2D eigenvalue weighted by atomic mass is 9.96. The lowest BCUT2D eigenvalue weighted by Gasteiger charge is -2.31. The number of aromatic nitrogens is 5. The van der Waals surface area contributed by atoms with E-state index in [9.17, 15) is 4.79 Å². The molecule has 3 heterocycles. The summed E-state index contributed by atoms with van der Waals surface area (Å²) in [5, 5.41) is 8.71. The van der Waals surface area contributed by atoms with Crippen LogP contribution in [0.4, 0.5) is 0 Å². The zero-order valence-corrected chi connectivity index (χ0v) is 14.6. The molecule has 0 saturated carbocycles. The van der Waals surface area contributed by atoms with E-state index in [4.69, 9.17) is 0 Å². The van der Waals surface area contributed by atoms with Gasteiger partial charge in [0.1, 0.15) is 18.2 Å². The Kier molecular flexibility index (Phi) is 4.94. The van der Waals surface area contributed by atoms with Crippen LogP contribution in [0.15, 0.2) is 18.7 Å². The number of rotatable bonds is 5. The number of hydrogen-bond acceptors (Lipinski definition) is 5. The number of nitrogens with zero attached hydrogens (tertiary/aromatic N) is 7. The first-order chi connectivity index (χ1) is 11.5. The molecule has 2 aromatic heterocycles. The van der Waals surface area contributed by atoms with E-state index in [0.717, 1.165) is 44.1 Å². The number of likely N-dealkylation sites (tertiary alicyclic amines) is 1. The molecule has 0 N–H and O–H groups in total. The van der Waals surface area contributed by atoms with Crippen LogP contribution in [0.2, 0.25) is 0 Å². The molecule has 1 aliphatic rings. The molecule has 1 fully saturated rings. The highest BCUT2D eigenvalue weighted by Gasteiger charge is 2.27. The second-order valence-corrected chi connectivity index (χ2v) is 6.66. The lowest BCUT2D eigenvalue weighted by molar-refractivity contribution is -0.132. The molecule has 1 aliphatic heterocycles. The summed E-state index contributed by atoms with van der Waals surface area (Å²) in [6.07, 6.45) is 7.05. The summed E-state index contributed by atoms with van der Waals surface area (Å²) in [5.74, 6) is 2.54. The van der Waals surface area contributed by atoms with Crippen molar-refractivity contribution in [3.63, 3.8) is 0 Å². The van der Waals surface area contributed by atoms with Gasteiger partial charge in [-0.2, -0.15) is 0 Å². The van der Waals surface area contributed by atoms with Crippen LogP contribution in [0.3, 0.4) is 0 Å². The van der Waals surface area contributed by atoms with Crippen molar-refractivity contribution in [2.45, 2.75) is 31.8 Å². The SMILES string of the molecule is CN(C)Cc1nnc(C2CCN(C(=O)Cn3ccnc3)CC2)n1C. The first-order valence-electron chi connectivity index (χ1n) is 8.31. The van der Waals surface area contributed by atoms with E-state index >= 15 is 0 Å². The van der Waals surface area contributed by atoms with Crippen LogP contribution in [0, 0.1) is 0 Å². The third kappa shape index (κ3) is 3.64. The largest absolute Gasteiger partial charge is 0.341 e. The number of hydrogen-bond donors (Lipinski definition) is 0. The Morgan fingerprint density at radius 3 is 2.67 bits per heavy atom. The Morgan fingerprint density at radius 1 is 1.29 bits per heavy atom. The minimum Gasteiger partial charge on any atom is -0.341 e. The monoisotopic (exact) mass is 331 g/mol. The van der Waals surface area contributed by atoms with Gasteiger partial charge in [-0.3, -0.25) is 4.79 Å². The van der Waals surface area contributed by atoms with Gasteiger partial charge >= 0.3 is 0 Å². The average molecular weight is 331 g/mol. The molecule has 1 saturated heterocycles. The van der Waals surface area contributed by atoms with Crippen molar-refractivity contribution in [3.8, 4) is 0 Å². The van der Waals surface area contributed by atoms with Crippen molar-refractivity contribution in [3.05, 3.63) is 30.4 Å². The van der Waals surface area contributed by atoms with Crippen LogP contribution in [0.25, 0.3) is 0 Å². The van der Waals surface area contributed by atoms with Crippen molar-refractivity contribution in [2.75, 3.05) is 27.2 Å². The molecule has 0 aromatic carbocycles. The fraction of sp³-hybridized carbons (Fsp3) is 0.625. The Hall–Kier alpha value is -2.22. The first-order valence-corrected chi connectivity index (χ1v) is 8.31. The van der Waals surface area contributed by atoms with E-state index in [1.54, 1.807) is 12.5 Å². The zero-order chi connectivity index (χ0) is 17.1. The highest BCUT2D eigenvalue weighted by atomic mass is 16.2. The van der Waals surface area contributed by atoms with Gasteiger partial charge in [-0.15, -0.1) is 10.2 Å². The smallest absolute Gasteiger partial charge is 0.242 e. The van der Waals surface area contributed by atoms with Gasteiger partial charge in [-0.1, -0.05) is 0 Å². The van der Waals surface area contributed by atoms with Gasteiger partial charge in [-0.05, 0) is 26.9 Å². The predicted molar refractivity (Wildman–Crippen MR) is 89.2 cm³/mol. The maximum absolute atomic E-state index is 12.3. The van der Waals surface area contributed by atoms with Crippen molar-refractivity contribution in [1.82, 2.24) is 34.1 Å². The quantitative estimate of drug-likeness (QED) is 0.797. The first kappa shape index (κ1) is 16.6. The van der Waals surface area contributed by atoms with Gasteiger partial charge < -0.3 is 18.9 Å². The second-order valence-electron chi connectivity index (χ2n) is 6.66. The predicted octanol–water partition coefficient (Wildman–Crippen LogP) is 0.479. The highest BCUT2D eigenvalue weighted by Crippen LogP contribution is 2.27. The van der Waals surface area contributed by atoms with Crippen LogP contribution in [0.5, 0.6) is 0 Å². The molecule has 1 amide bonds. The summed E-state index contributed by atoms with van der Waals surface area (Å²) >= 11 is 0. The molecule has 0 unspecified atom stereocenters. The summed E-state index contributed by atoms with van der Waals surface area (Å²) in [4.78, 5) is 20.3. The molecule has 8 nitrogen and oxygen atoms in total. The van der Waals surface area contributed by atoms with Crippen molar-refractivity contribution >= 4 is 5.91 Å². The molecule has 0 radical (unpaired) electrons. The Labute approximate surface area is 142 Å². The van der Waals surface area contributed by atoms with Crippen LogP contribution in [-0.2, 0) is 24.9 Å². The lowest BCUT2D eigenvalue weighted by Crippen LogP contribution is -2.40. The van der Waals surface area contributed by atoms with E-state index in [-0.39, 0.29) is 5.91 Å². The molecule has 0 spiro atoms. The minimum absolute atomic E-state index is 0.151. The standard InChI is InChI=1S/C16H25N7O/c1-20(2)10-14-18-19-16(21(14)3)13-4-7-23(8-5-13)15(24)11-22-9-6-17-12-22/h6,9,12-13H,4-5,7-8,10-11H2,1-3H3. The zero-order valence-electron chi connectivity index (χ0n) is 14.6. The van der Waals surface area contributed by atoms with Gasteiger partial charge in [0.25, 0.3) is 0 Å². The summed E-state index contributed by atoms with van der Waals surface area (Å²) in [7, 11) is 6.09. The van der Waals surface area contributed by atoms with E-state index in [1.807, 2.05) is 36.8 Å².